The highest BCUT2D eigenvalue weighted by atomic mass is 32.1. The third-order valence-electron chi connectivity index (χ3n) is 4.53. The number of carbonyl (C=O) groups excluding carboxylic acids is 1. The average molecular weight is 380 g/mol. The van der Waals surface area contributed by atoms with Gasteiger partial charge in [0.25, 0.3) is 0 Å². The zero-order valence-corrected chi connectivity index (χ0v) is 16.6. The van der Waals surface area contributed by atoms with Crippen LogP contribution in [-0.4, -0.2) is 29.5 Å². The van der Waals surface area contributed by atoms with E-state index in [2.05, 4.69) is 58.8 Å². The van der Waals surface area contributed by atoms with Crippen molar-refractivity contribution in [1.29, 1.82) is 0 Å². The van der Waals surface area contributed by atoms with Gasteiger partial charge in [0.2, 0.25) is 0 Å². The molecule has 0 aliphatic carbocycles. The number of hydrogen-bond donors (Lipinski definition) is 1. The van der Waals surface area contributed by atoms with E-state index in [1.54, 1.807) is 23.3 Å². The van der Waals surface area contributed by atoms with Gasteiger partial charge < -0.3 is 10.2 Å². The van der Waals surface area contributed by atoms with E-state index < -0.39 is 0 Å². The molecule has 0 aliphatic rings. The van der Waals surface area contributed by atoms with Gasteiger partial charge in [0.05, 0.1) is 17.2 Å². The van der Waals surface area contributed by atoms with Crippen LogP contribution in [0.15, 0.2) is 66.0 Å². The molecule has 5 heteroatoms. The van der Waals surface area contributed by atoms with Crippen molar-refractivity contribution in [2.45, 2.75) is 25.8 Å². The Labute approximate surface area is 164 Å². The molecular formula is C22H25N3OS. The zero-order chi connectivity index (χ0) is 19.1. The first-order valence-electron chi connectivity index (χ1n) is 9.13. The van der Waals surface area contributed by atoms with Crippen molar-refractivity contribution in [2.75, 3.05) is 13.6 Å². The lowest BCUT2D eigenvalue weighted by atomic mass is 9.88. The summed E-state index contributed by atoms with van der Waals surface area (Å²) in [5.41, 5.74) is 3.47. The molecule has 0 radical (unpaired) electrons. The van der Waals surface area contributed by atoms with Crippen LogP contribution in [0.5, 0.6) is 0 Å². The van der Waals surface area contributed by atoms with E-state index in [9.17, 15) is 4.79 Å². The van der Waals surface area contributed by atoms with Crippen LogP contribution in [-0.2, 0) is 6.54 Å². The van der Waals surface area contributed by atoms with Crippen LogP contribution in [0, 0.1) is 6.92 Å². The highest BCUT2D eigenvalue weighted by Gasteiger charge is 2.15. The molecule has 140 valence electrons. The number of urea groups is 1. The van der Waals surface area contributed by atoms with Crippen molar-refractivity contribution >= 4 is 17.4 Å². The molecule has 0 saturated heterocycles. The minimum atomic E-state index is -0.0690. The molecule has 1 N–H and O–H groups in total. The number of carbonyl (C=O) groups is 1. The summed E-state index contributed by atoms with van der Waals surface area (Å²) < 4.78 is 0. The SMILES string of the molecule is Cc1nc(CN(C)C(=O)NCCC(c2ccccc2)c2ccccc2)cs1. The van der Waals surface area contributed by atoms with Gasteiger partial charge in [-0.15, -0.1) is 11.3 Å². The number of hydrogen-bond acceptors (Lipinski definition) is 3. The molecule has 0 spiro atoms. The molecule has 0 bridgehead atoms. The quantitative estimate of drug-likeness (QED) is 0.640. The maximum absolute atomic E-state index is 12.4. The molecule has 0 atom stereocenters. The molecule has 0 fully saturated rings. The molecule has 0 saturated carbocycles. The standard InChI is InChI=1S/C22H25N3OS/c1-17-24-20(16-27-17)15-25(2)22(26)23-14-13-21(18-9-5-3-6-10-18)19-11-7-4-8-12-19/h3-12,16,21H,13-15H2,1-2H3,(H,23,26). The molecule has 4 nitrogen and oxygen atoms in total. The van der Waals surface area contributed by atoms with Crippen molar-refractivity contribution in [3.63, 3.8) is 0 Å². The van der Waals surface area contributed by atoms with Crippen molar-refractivity contribution in [1.82, 2.24) is 15.2 Å². The minimum Gasteiger partial charge on any atom is -0.338 e. The van der Waals surface area contributed by atoms with Crippen LogP contribution in [0.4, 0.5) is 4.79 Å². The fraction of sp³-hybridized carbons (Fsp3) is 0.273. The zero-order valence-electron chi connectivity index (χ0n) is 15.8. The van der Waals surface area contributed by atoms with Gasteiger partial charge in [-0.05, 0) is 24.5 Å². The van der Waals surface area contributed by atoms with Gasteiger partial charge in [0.1, 0.15) is 0 Å². The van der Waals surface area contributed by atoms with Crippen LogP contribution in [0.1, 0.15) is 34.2 Å². The number of benzene rings is 2. The van der Waals surface area contributed by atoms with Gasteiger partial charge in [0.15, 0.2) is 0 Å². The summed E-state index contributed by atoms with van der Waals surface area (Å²) in [6.07, 6.45) is 0.851. The van der Waals surface area contributed by atoms with Crippen LogP contribution >= 0.6 is 11.3 Å². The Morgan fingerprint density at radius 3 is 2.19 bits per heavy atom. The summed E-state index contributed by atoms with van der Waals surface area (Å²) in [7, 11) is 1.80. The first-order valence-corrected chi connectivity index (χ1v) is 10.0. The van der Waals surface area contributed by atoms with Crippen molar-refractivity contribution < 1.29 is 4.79 Å². The molecule has 3 aromatic rings. The third kappa shape index (κ3) is 5.41. The smallest absolute Gasteiger partial charge is 0.317 e. The average Bonchev–Trinajstić information content (AvgIpc) is 3.11. The Morgan fingerprint density at radius 1 is 1.07 bits per heavy atom. The lowest BCUT2D eigenvalue weighted by Crippen LogP contribution is -2.37. The number of thiazole rings is 1. The Bertz CT molecular complexity index is 809. The molecule has 3 rings (SSSR count). The molecule has 2 amide bonds. The Hall–Kier alpha value is -2.66. The molecule has 27 heavy (non-hydrogen) atoms. The topological polar surface area (TPSA) is 45.2 Å². The lowest BCUT2D eigenvalue weighted by molar-refractivity contribution is 0.206. The maximum atomic E-state index is 12.4. The number of amides is 2. The summed E-state index contributed by atoms with van der Waals surface area (Å²) in [5, 5.41) is 6.06. The van der Waals surface area contributed by atoms with Crippen molar-refractivity contribution in [2.24, 2.45) is 0 Å². The van der Waals surface area contributed by atoms with E-state index in [1.807, 2.05) is 24.4 Å². The summed E-state index contributed by atoms with van der Waals surface area (Å²) in [5.74, 6) is 0.263. The van der Waals surface area contributed by atoms with Gasteiger partial charge in [-0.3, -0.25) is 0 Å². The normalized spacial score (nSPS) is 10.8. The molecule has 1 aromatic heterocycles. The summed E-state index contributed by atoms with van der Waals surface area (Å²) >= 11 is 1.61. The van der Waals surface area contributed by atoms with E-state index >= 15 is 0 Å². The Balaban J connectivity index is 1.58. The van der Waals surface area contributed by atoms with Gasteiger partial charge >= 0.3 is 6.03 Å². The number of nitrogens with one attached hydrogen (secondary N) is 1. The van der Waals surface area contributed by atoms with E-state index in [4.69, 9.17) is 0 Å². The summed E-state index contributed by atoms with van der Waals surface area (Å²) in [6.45, 7) is 3.12. The third-order valence-corrected chi connectivity index (χ3v) is 5.35. The molecule has 0 aliphatic heterocycles. The van der Waals surface area contributed by atoms with Crippen molar-refractivity contribution in [3.8, 4) is 0 Å². The Morgan fingerprint density at radius 2 is 1.67 bits per heavy atom. The van der Waals surface area contributed by atoms with Gasteiger partial charge in [0, 0.05) is 24.9 Å². The first-order chi connectivity index (χ1) is 13.1. The minimum absolute atomic E-state index is 0.0690. The first kappa shape index (κ1) is 19.1. The summed E-state index contributed by atoms with van der Waals surface area (Å²) in [4.78, 5) is 18.5. The largest absolute Gasteiger partial charge is 0.338 e. The second-order valence-electron chi connectivity index (χ2n) is 6.61. The fourth-order valence-electron chi connectivity index (χ4n) is 3.15. The fourth-order valence-corrected chi connectivity index (χ4v) is 3.75. The molecule has 2 aromatic carbocycles. The van der Waals surface area contributed by atoms with Crippen LogP contribution in [0.3, 0.4) is 0 Å². The van der Waals surface area contributed by atoms with E-state index in [0.717, 1.165) is 17.1 Å². The van der Waals surface area contributed by atoms with E-state index in [1.165, 1.54) is 11.1 Å². The number of nitrogens with zero attached hydrogens (tertiary/aromatic N) is 2. The van der Waals surface area contributed by atoms with Gasteiger partial charge in [-0.25, -0.2) is 9.78 Å². The molecular weight excluding hydrogens is 354 g/mol. The van der Waals surface area contributed by atoms with Gasteiger partial charge in [-0.2, -0.15) is 0 Å². The maximum Gasteiger partial charge on any atom is 0.317 e. The lowest BCUT2D eigenvalue weighted by Gasteiger charge is -2.20. The second-order valence-corrected chi connectivity index (χ2v) is 7.67. The van der Waals surface area contributed by atoms with Crippen LogP contribution < -0.4 is 5.32 Å². The summed E-state index contributed by atoms with van der Waals surface area (Å²) in [6, 6.07) is 20.8. The van der Waals surface area contributed by atoms with E-state index in [-0.39, 0.29) is 11.9 Å². The highest BCUT2D eigenvalue weighted by Crippen LogP contribution is 2.27. The number of aromatic nitrogens is 1. The predicted octanol–water partition coefficient (Wildman–Crippen LogP) is 4.82. The Kier molecular flexibility index (Phi) is 6.60. The highest BCUT2D eigenvalue weighted by molar-refractivity contribution is 7.09. The second kappa shape index (κ2) is 9.33. The monoisotopic (exact) mass is 379 g/mol. The number of rotatable bonds is 7. The van der Waals surface area contributed by atoms with E-state index in [0.29, 0.717) is 13.1 Å². The molecule has 0 unspecified atom stereocenters. The van der Waals surface area contributed by atoms with Crippen LogP contribution in [0.25, 0.3) is 0 Å². The van der Waals surface area contributed by atoms with Crippen LogP contribution in [0.2, 0.25) is 0 Å². The molecule has 1 heterocycles. The van der Waals surface area contributed by atoms with Gasteiger partial charge in [-0.1, -0.05) is 60.7 Å². The predicted molar refractivity (Wildman–Crippen MR) is 111 cm³/mol. The van der Waals surface area contributed by atoms with Crippen molar-refractivity contribution in [3.05, 3.63) is 87.9 Å². The number of aryl methyl sites for hydroxylation is 1.